The molecule has 0 unspecified atom stereocenters. The number of rotatable bonds is 6. The summed E-state index contributed by atoms with van der Waals surface area (Å²) >= 11 is 0. The third kappa shape index (κ3) is 3.25. The van der Waals surface area contributed by atoms with Gasteiger partial charge < -0.3 is 9.73 Å². The van der Waals surface area contributed by atoms with Gasteiger partial charge in [-0.2, -0.15) is 8.42 Å². The van der Waals surface area contributed by atoms with Crippen molar-refractivity contribution in [3.8, 4) is 0 Å². The van der Waals surface area contributed by atoms with Crippen LogP contribution in [-0.2, 0) is 16.6 Å². The maximum absolute atomic E-state index is 13.3. The molecular formula is C14H17FN2O3S. The van der Waals surface area contributed by atoms with Crippen molar-refractivity contribution in [3.05, 3.63) is 48.0 Å². The van der Waals surface area contributed by atoms with Gasteiger partial charge in [0.25, 0.3) is 10.0 Å². The van der Waals surface area contributed by atoms with Crippen LogP contribution in [0.3, 0.4) is 0 Å². The first kappa shape index (κ1) is 15.5. The number of nitrogens with zero attached hydrogens (tertiary/aromatic N) is 1. The molecule has 1 aromatic heterocycles. The molecule has 2 rings (SSSR count). The predicted octanol–water partition coefficient (Wildman–Crippen LogP) is 2.35. The van der Waals surface area contributed by atoms with Gasteiger partial charge in [0, 0.05) is 6.54 Å². The minimum absolute atomic E-state index is 0.154. The van der Waals surface area contributed by atoms with E-state index >= 15 is 0 Å². The summed E-state index contributed by atoms with van der Waals surface area (Å²) in [5.74, 6) is 0.0304. The first-order valence-electron chi connectivity index (χ1n) is 6.50. The van der Waals surface area contributed by atoms with E-state index in [1.54, 1.807) is 26.1 Å². The quantitative estimate of drug-likeness (QED) is 0.889. The van der Waals surface area contributed by atoms with Gasteiger partial charge >= 0.3 is 0 Å². The predicted molar refractivity (Wildman–Crippen MR) is 78.1 cm³/mol. The molecule has 0 aliphatic rings. The van der Waals surface area contributed by atoms with Crippen molar-refractivity contribution in [2.45, 2.75) is 18.6 Å². The lowest BCUT2D eigenvalue weighted by atomic mass is 10.3. The number of halogens is 1. The number of nitrogens with one attached hydrogen (secondary N) is 1. The molecule has 2 aromatic rings. The second kappa shape index (κ2) is 6.28. The van der Waals surface area contributed by atoms with Crippen molar-refractivity contribution in [2.24, 2.45) is 0 Å². The van der Waals surface area contributed by atoms with Gasteiger partial charge in [-0.05, 0) is 44.3 Å². The Kier molecular flexibility index (Phi) is 4.64. The summed E-state index contributed by atoms with van der Waals surface area (Å²) in [6.07, 6.45) is 0. The number of benzene rings is 1. The van der Waals surface area contributed by atoms with Crippen LogP contribution in [0.25, 0.3) is 0 Å². The maximum atomic E-state index is 13.3. The fourth-order valence-electron chi connectivity index (χ4n) is 2.00. The van der Waals surface area contributed by atoms with E-state index in [9.17, 15) is 12.8 Å². The lowest BCUT2D eigenvalue weighted by Crippen LogP contribution is -2.30. The zero-order chi connectivity index (χ0) is 15.5. The number of furan rings is 1. The molecule has 0 spiro atoms. The molecule has 0 aliphatic carbocycles. The summed E-state index contributed by atoms with van der Waals surface area (Å²) in [4.78, 5) is 0. The van der Waals surface area contributed by atoms with E-state index in [2.05, 4.69) is 5.32 Å². The standard InChI is InChI=1S/C14H17FN2O3S/c1-3-17(12-6-4-5-11(15)9-12)21(18,19)14-8-7-13(20-14)10-16-2/h4-9,16H,3,10H2,1-2H3. The molecular weight excluding hydrogens is 295 g/mol. The fourth-order valence-corrected chi connectivity index (χ4v) is 3.40. The normalized spacial score (nSPS) is 11.6. The molecule has 7 heteroatoms. The first-order chi connectivity index (χ1) is 9.98. The molecule has 0 saturated carbocycles. The Morgan fingerprint density at radius 3 is 2.67 bits per heavy atom. The average molecular weight is 312 g/mol. The maximum Gasteiger partial charge on any atom is 0.297 e. The summed E-state index contributed by atoms with van der Waals surface area (Å²) in [5.41, 5.74) is 0.268. The third-order valence-corrected chi connectivity index (χ3v) is 4.69. The number of hydrogen-bond acceptors (Lipinski definition) is 4. The van der Waals surface area contributed by atoms with Crippen molar-refractivity contribution in [1.82, 2.24) is 5.32 Å². The monoisotopic (exact) mass is 312 g/mol. The highest BCUT2D eigenvalue weighted by atomic mass is 32.2. The number of anilines is 1. The molecule has 0 atom stereocenters. The third-order valence-electron chi connectivity index (χ3n) is 2.92. The van der Waals surface area contributed by atoms with Crippen LogP contribution in [0.2, 0.25) is 0 Å². The Labute approximate surface area is 123 Å². The molecule has 21 heavy (non-hydrogen) atoms. The van der Waals surface area contributed by atoms with Crippen molar-refractivity contribution >= 4 is 15.7 Å². The summed E-state index contributed by atoms with van der Waals surface area (Å²) in [7, 11) is -2.11. The second-order valence-electron chi connectivity index (χ2n) is 4.40. The Bertz CT molecular complexity index is 713. The van der Waals surface area contributed by atoms with Crippen LogP contribution < -0.4 is 9.62 Å². The van der Waals surface area contributed by atoms with Crippen LogP contribution >= 0.6 is 0 Å². The van der Waals surface area contributed by atoms with E-state index in [1.807, 2.05) is 0 Å². The molecule has 0 fully saturated rings. The highest BCUT2D eigenvalue weighted by molar-refractivity contribution is 7.92. The van der Waals surface area contributed by atoms with E-state index in [-0.39, 0.29) is 17.3 Å². The molecule has 1 heterocycles. The number of hydrogen-bond donors (Lipinski definition) is 1. The first-order valence-corrected chi connectivity index (χ1v) is 7.94. The summed E-state index contributed by atoms with van der Waals surface area (Å²) in [5, 5.41) is 2.73. The van der Waals surface area contributed by atoms with E-state index in [0.29, 0.717) is 12.3 Å². The topological polar surface area (TPSA) is 62.6 Å². The van der Waals surface area contributed by atoms with Crippen LogP contribution in [0.5, 0.6) is 0 Å². The molecule has 0 radical (unpaired) electrons. The van der Waals surface area contributed by atoms with Gasteiger partial charge in [-0.25, -0.2) is 4.39 Å². The van der Waals surface area contributed by atoms with E-state index in [0.717, 1.165) is 4.31 Å². The zero-order valence-corrected chi connectivity index (χ0v) is 12.7. The molecule has 0 bridgehead atoms. The Morgan fingerprint density at radius 1 is 1.29 bits per heavy atom. The van der Waals surface area contributed by atoms with Crippen molar-refractivity contribution in [2.75, 3.05) is 17.9 Å². The fraction of sp³-hybridized carbons (Fsp3) is 0.286. The smallest absolute Gasteiger partial charge is 0.297 e. The van der Waals surface area contributed by atoms with Gasteiger partial charge in [0.1, 0.15) is 11.6 Å². The van der Waals surface area contributed by atoms with Crippen LogP contribution in [0.4, 0.5) is 10.1 Å². The molecule has 5 nitrogen and oxygen atoms in total. The van der Waals surface area contributed by atoms with Gasteiger partial charge in [-0.1, -0.05) is 6.07 Å². The Morgan fingerprint density at radius 2 is 2.05 bits per heavy atom. The minimum atomic E-state index is -3.85. The lowest BCUT2D eigenvalue weighted by Gasteiger charge is -2.21. The second-order valence-corrected chi connectivity index (χ2v) is 6.19. The van der Waals surface area contributed by atoms with Crippen LogP contribution in [0.1, 0.15) is 12.7 Å². The molecule has 1 N–H and O–H groups in total. The summed E-state index contributed by atoms with van der Waals surface area (Å²) in [6, 6.07) is 8.46. The average Bonchev–Trinajstić information content (AvgIpc) is 2.89. The van der Waals surface area contributed by atoms with Crippen molar-refractivity contribution in [1.29, 1.82) is 0 Å². The molecule has 0 saturated heterocycles. The Balaban J connectivity index is 2.39. The van der Waals surface area contributed by atoms with Crippen molar-refractivity contribution < 1.29 is 17.2 Å². The largest absolute Gasteiger partial charge is 0.446 e. The van der Waals surface area contributed by atoms with Crippen molar-refractivity contribution in [3.63, 3.8) is 0 Å². The van der Waals surface area contributed by atoms with E-state index < -0.39 is 15.8 Å². The molecule has 114 valence electrons. The highest BCUT2D eigenvalue weighted by Gasteiger charge is 2.27. The van der Waals surface area contributed by atoms with Gasteiger partial charge in [0.15, 0.2) is 0 Å². The highest BCUT2D eigenvalue weighted by Crippen LogP contribution is 2.25. The number of sulfonamides is 1. The van der Waals surface area contributed by atoms with Gasteiger partial charge in [-0.15, -0.1) is 0 Å². The Hall–Kier alpha value is -1.86. The van der Waals surface area contributed by atoms with Gasteiger partial charge in [0.2, 0.25) is 5.09 Å². The van der Waals surface area contributed by atoms with Crippen LogP contribution in [-0.4, -0.2) is 22.0 Å². The lowest BCUT2D eigenvalue weighted by molar-refractivity contribution is 0.406. The SMILES string of the molecule is CCN(c1cccc(F)c1)S(=O)(=O)c1ccc(CNC)o1. The van der Waals surface area contributed by atoms with Crippen LogP contribution in [0, 0.1) is 5.82 Å². The van der Waals surface area contributed by atoms with Crippen LogP contribution in [0.15, 0.2) is 45.9 Å². The zero-order valence-electron chi connectivity index (χ0n) is 11.8. The molecule has 1 aromatic carbocycles. The molecule has 0 aliphatic heterocycles. The minimum Gasteiger partial charge on any atom is -0.446 e. The van der Waals surface area contributed by atoms with E-state index in [1.165, 1.54) is 24.3 Å². The summed E-state index contributed by atoms with van der Waals surface area (Å²) < 4.78 is 44.9. The van der Waals surface area contributed by atoms with E-state index in [4.69, 9.17) is 4.42 Å². The van der Waals surface area contributed by atoms with Gasteiger partial charge in [0.05, 0.1) is 12.2 Å². The summed E-state index contributed by atoms with van der Waals surface area (Å²) in [6.45, 7) is 2.29. The van der Waals surface area contributed by atoms with Gasteiger partial charge in [-0.3, -0.25) is 4.31 Å². The molecule has 0 amide bonds.